The van der Waals surface area contributed by atoms with E-state index >= 15 is 0 Å². The first-order chi connectivity index (χ1) is 15.0. The molecular formula is C23H24N2O6. The van der Waals surface area contributed by atoms with E-state index in [0.717, 1.165) is 12.0 Å². The van der Waals surface area contributed by atoms with E-state index in [2.05, 4.69) is 5.32 Å². The molecule has 8 heteroatoms. The van der Waals surface area contributed by atoms with Gasteiger partial charge in [0.1, 0.15) is 12.4 Å². The Morgan fingerprint density at radius 1 is 1.00 bits per heavy atom. The predicted octanol–water partition coefficient (Wildman–Crippen LogP) is 2.90. The highest BCUT2D eigenvalue weighted by Gasteiger charge is 2.34. The second-order valence-corrected chi connectivity index (χ2v) is 6.70. The lowest BCUT2D eigenvalue weighted by atomic mass is 10.1. The normalized spacial score (nSPS) is 13.6. The van der Waals surface area contributed by atoms with Gasteiger partial charge in [0.05, 0.1) is 37.7 Å². The Kier molecular flexibility index (Phi) is 7.04. The molecule has 0 atom stereocenters. The fourth-order valence-electron chi connectivity index (χ4n) is 3.37. The smallest absolute Gasteiger partial charge is 0.355 e. The van der Waals surface area contributed by atoms with Gasteiger partial charge in [0, 0.05) is 5.69 Å². The SMILES string of the molecule is CCc1ccccc1NC(=O)c1ccccc1N1COCC(C(=O)OC)=C1C(=O)OC. The molecule has 0 aromatic heterocycles. The average molecular weight is 424 g/mol. The van der Waals surface area contributed by atoms with Gasteiger partial charge >= 0.3 is 11.9 Å². The summed E-state index contributed by atoms with van der Waals surface area (Å²) in [6, 6.07) is 14.3. The molecule has 31 heavy (non-hydrogen) atoms. The molecule has 0 saturated heterocycles. The van der Waals surface area contributed by atoms with Crippen molar-refractivity contribution >= 4 is 29.2 Å². The maximum Gasteiger partial charge on any atom is 0.355 e. The Morgan fingerprint density at radius 3 is 2.39 bits per heavy atom. The lowest BCUT2D eigenvalue weighted by Crippen LogP contribution is -2.39. The third kappa shape index (κ3) is 4.59. The first kappa shape index (κ1) is 22.0. The molecule has 1 aliphatic rings. The lowest BCUT2D eigenvalue weighted by molar-refractivity contribution is -0.140. The number of anilines is 2. The fourth-order valence-corrected chi connectivity index (χ4v) is 3.37. The Hall–Kier alpha value is -3.65. The summed E-state index contributed by atoms with van der Waals surface area (Å²) in [6.45, 7) is 1.86. The minimum Gasteiger partial charge on any atom is -0.466 e. The zero-order chi connectivity index (χ0) is 22.4. The van der Waals surface area contributed by atoms with Crippen LogP contribution in [0.25, 0.3) is 0 Å². The molecule has 162 valence electrons. The average Bonchev–Trinajstić information content (AvgIpc) is 2.82. The largest absolute Gasteiger partial charge is 0.466 e. The summed E-state index contributed by atoms with van der Waals surface area (Å²) in [5, 5.41) is 2.93. The van der Waals surface area contributed by atoms with Gasteiger partial charge in [-0.25, -0.2) is 9.59 Å². The van der Waals surface area contributed by atoms with Crippen LogP contribution in [0.4, 0.5) is 11.4 Å². The molecule has 0 saturated carbocycles. The molecule has 0 unspecified atom stereocenters. The van der Waals surface area contributed by atoms with E-state index in [-0.39, 0.29) is 30.5 Å². The number of para-hydroxylation sites is 2. The van der Waals surface area contributed by atoms with Crippen LogP contribution in [0.1, 0.15) is 22.8 Å². The maximum absolute atomic E-state index is 13.2. The fraction of sp³-hybridized carbons (Fsp3) is 0.261. The molecule has 0 spiro atoms. The Labute approximate surface area is 180 Å². The number of hydrogen-bond donors (Lipinski definition) is 1. The zero-order valence-electron chi connectivity index (χ0n) is 17.6. The summed E-state index contributed by atoms with van der Waals surface area (Å²) in [6.07, 6.45) is 0.760. The van der Waals surface area contributed by atoms with Crippen LogP contribution in [0.5, 0.6) is 0 Å². The van der Waals surface area contributed by atoms with Crippen LogP contribution in [0.15, 0.2) is 59.8 Å². The molecule has 2 aromatic carbocycles. The van der Waals surface area contributed by atoms with E-state index in [9.17, 15) is 14.4 Å². The third-order valence-corrected chi connectivity index (χ3v) is 4.92. The Morgan fingerprint density at radius 2 is 1.68 bits per heavy atom. The number of carbonyl (C=O) groups is 3. The summed E-state index contributed by atoms with van der Waals surface area (Å²) in [7, 11) is 2.44. The van der Waals surface area contributed by atoms with Crippen LogP contribution in [0, 0.1) is 0 Å². The van der Waals surface area contributed by atoms with Crippen LogP contribution < -0.4 is 10.2 Å². The molecule has 0 fully saturated rings. The molecular weight excluding hydrogens is 400 g/mol. The van der Waals surface area contributed by atoms with Gasteiger partial charge in [-0.3, -0.25) is 4.79 Å². The van der Waals surface area contributed by atoms with E-state index in [0.29, 0.717) is 16.9 Å². The molecule has 0 bridgehead atoms. The first-order valence-corrected chi connectivity index (χ1v) is 9.75. The second-order valence-electron chi connectivity index (χ2n) is 6.70. The van der Waals surface area contributed by atoms with Crippen LogP contribution in [0.2, 0.25) is 0 Å². The van der Waals surface area contributed by atoms with Crippen molar-refractivity contribution in [2.45, 2.75) is 13.3 Å². The lowest BCUT2D eigenvalue weighted by Gasteiger charge is -2.32. The number of nitrogens with one attached hydrogen (secondary N) is 1. The number of ether oxygens (including phenoxy) is 3. The van der Waals surface area contributed by atoms with Crippen LogP contribution >= 0.6 is 0 Å². The summed E-state index contributed by atoms with van der Waals surface area (Å²) in [5.74, 6) is -1.79. The minimum absolute atomic E-state index is 0.0187. The highest BCUT2D eigenvalue weighted by atomic mass is 16.5. The third-order valence-electron chi connectivity index (χ3n) is 4.92. The van der Waals surface area contributed by atoms with Gasteiger partial charge in [-0.1, -0.05) is 37.3 Å². The van der Waals surface area contributed by atoms with Gasteiger partial charge in [-0.2, -0.15) is 0 Å². The van der Waals surface area contributed by atoms with Crippen LogP contribution in [-0.4, -0.2) is 45.4 Å². The molecule has 1 N–H and O–H groups in total. The first-order valence-electron chi connectivity index (χ1n) is 9.75. The standard InChI is InChI=1S/C23H24N2O6/c1-4-15-9-5-7-11-18(15)24-21(26)16-10-6-8-12-19(16)25-14-31-13-17(22(27)29-2)20(25)23(28)30-3/h5-12H,4,13-14H2,1-3H3,(H,24,26). The van der Waals surface area contributed by atoms with E-state index in [1.807, 2.05) is 31.2 Å². The van der Waals surface area contributed by atoms with Gasteiger partial charge in [0.2, 0.25) is 0 Å². The zero-order valence-corrected chi connectivity index (χ0v) is 17.6. The quantitative estimate of drug-likeness (QED) is 0.713. The van der Waals surface area contributed by atoms with Crippen molar-refractivity contribution in [3.8, 4) is 0 Å². The molecule has 3 rings (SSSR count). The molecule has 2 aromatic rings. The molecule has 1 amide bonds. The predicted molar refractivity (Wildman–Crippen MR) is 115 cm³/mol. The summed E-state index contributed by atoms with van der Waals surface area (Å²) in [5.41, 5.74) is 2.42. The summed E-state index contributed by atoms with van der Waals surface area (Å²) >= 11 is 0. The monoisotopic (exact) mass is 424 g/mol. The number of benzene rings is 2. The van der Waals surface area contributed by atoms with Crippen molar-refractivity contribution in [1.82, 2.24) is 0 Å². The molecule has 8 nitrogen and oxygen atoms in total. The number of carbonyl (C=O) groups excluding carboxylic acids is 3. The molecule has 0 radical (unpaired) electrons. The van der Waals surface area contributed by atoms with Crippen LogP contribution in [-0.2, 0) is 30.2 Å². The van der Waals surface area contributed by atoms with E-state index in [1.54, 1.807) is 24.3 Å². The number of esters is 2. The van der Waals surface area contributed by atoms with Gasteiger partial charge in [-0.05, 0) is 30.2 Å². The van der Waals surface area contributed by atoms with Crippen molar-refractivity contribution in [1.29, 1.82) is 0 Å². The number of nitrogens with zero attached hydrogens (tertiary/aromatic N) is 1. The van der Waals surface area contributed by atoms with E-state index in [4.69, 9.17) is 14.2 Å². The van der Waals surface area contributed by atoms with Crippen molar-refractivity contribution in [3.63, 3.8) is 0 Å². The van der Waals surface area contributed by atoms with Crippen molar-refractivity contribution in [3.05, 3.63) is 70.9 Å². The van der Waals surface area contributed by atoms with Crippen LogP contribution in [0.3, 0.4) is 0 Å². The van der Waals surface area contributed by atoms with Gasteiger partial charge in [0.15, 0.2) is 0 Å². The molecule has 1 heterocycles. The number of aryl methyl sites for hydroxylation is 1. The topological polar surface area (TPSA) is 94.2 Å². The number of hydrogen-bond acceptors (Lipinski definition) is 7. The summed E-state index contributed by atoms with van der Waals surface area (Å²) in [4.78, 5) is 39.4. The molecule has 0 aliphatic carbocycles. The van der Waals surface area contributed by atoms with Crippen molar-refractivity contribution in [2.24, 2.45) is 0 Å². The van der Waals surface area contributed by atoms with Gasteiger partial charge in [0.25, 0.3) is 5.91 Å². The van der Waals surface area contributed by atoms with E-state index in [1.165, 1.54) is 19.1 Å². The van der Waals surface area contributed by atoms with Gasteiger partial charge in [-0.15, -0.1) is 0 Å². The van der Waals surface area contributed by atoms with E-state index < -0.39 is 11.9 Å². The maximum atomic E-state index is 13.2. The van der Waals surface area contributed by atoms with Crippen molar-refractivity contribution < 1.29 is 28.6 Å². The number of amides is 1. The second kappa shape index (κ2) is 9.90. The van der Waals surface area contributed by atoms with Gasteiger partial charge < -0.3 is 24.4 Å². The highest BCUT2D eigenvalue weighted by molar-refractivity contribution is 6.10. The number of methoxy groups -OCH3 is 2. The number of rotatable bonds is 6. The Balaban J connectivity index is 2.04. The Bertz CT molecular complexity index is 1030. The summed E-state index contributed by atoms with van der Waals surface area (Å²) < 4.78 is 15.2. The molecule has 1 aliphatic heterocycles. The van der Waals surface area contributed by atoms with Crippen molar-refractivity contribution in [2.75, 3.05) is 37.8 Å². The minimum atomic E-state index is -0.727. The highest BCUT2D eigenvalue weighted by Crippen LogP contribution is 2.30.